The first-order chi connectivity index (χ1) is 13.1. The van der Waals surface area contributed by atoms with Gasteiger partial charge in [-0.2, -0.15) is 0 Å². The third-order valence-electron chi connectivity index (χ3n) is 4.39. The Kier molecular flexibility index (Phi) is 6.55. The highest BCUT2D eigenvalue weighted by Gasteiger charge is 2.32. The second-order valence-electron chi connectivity index (χ2n) is 6.26. The lowest BCUT2D eigenvalue weighted by molar-refractivity contribution is -0.141. The predicted octanol–water partition coefficient (Wildman–Crippen LogP) is 3.25. The molecule has 1 aliphatic heterocycles. The number of aliphatic carboxylic acids is 1. The second-order valence-corrected chi connectivity index (χ2v) is 6.67. The number of halogens is 1. The molecule has 1 unspecified atom stereocenters. The molecule has 1 aliphatic rings. The zero-order valence-electron chi connectivity index (χ0n) is 15.0. The Balaban J connectivity index is 1.88. The van der Waals surface area contributed by atoms with Crippen molar-refractivity contribution in [3.05, 3.63) is 59.1 Å². The Hall–Kier alpha value is -2.28. The fourth-order valence-electron chi connectivity index (χ4n) is 3.17. The summed E-state index contributed by atoms with van der Waals surface area (Å²) >= 11 is 6.22. The Morgan fingerprint density at radius 1 is 1.30 bits per heavy atom. The topological polar surface area (TPSA) is 68.2 Å². The summed E-state index contributed by atoms with van der Waals surface area (Å²) in [5, 5.41) is 9.55. The van der Waals surface area contributed by atoms with E-state index in [0.717, 1.165) is 5.56 Å². The van der Waals surface area contributed by atoms with Crippen LogP contribution in [0.1, 0.15) is 11.7 Å². The van der Waals surface area contributed by atoms with E-state index < -0.39 is 12.1 Å². The molecule has 2 aromatic carbocycles. The van der Waals surface area contributed by atoms with Crippen molar-refractivity contribution in [3.8, 4) is 11.5 Å². The summed E-state index contributed by atoms with van der Waals surface area (Å²) in [4.78, 5) is 12.9. The summed E-state index contributed by atoms with van der Waals surface area (Å²) < 4.78 is 17.6. The Morgan fingerprint density at radius 2 is 2.07 bits per heavy atom. The van der Waals surface area contributed by atoms with Gasteiger partial charge in [0.05, 0.1) is 25.3 Å². The van der Waals surface area contributed by atoms with E-state index in [9.17, 15) is 4.79 Å². The maximum atomic E-state index is 11.1. The van der Waals surface area contributed by atoms with Gasteiger partial charge < -0.3 is 19.3 Å². The van der Waals surface area contributed by atoms with Crippen molar-refractivity contribution >= 4 is 17.6 Å². The molecule has 1 N–H and O–H groups in total. The molecule has 1 fully saturated rings. The minimum Gasteiger partial charge on any atom is -0.491 e. The molecule has 3 rings (SSSR count). The fourth-order valence-corrected chi connectivity index (χ4v) is 3.41. The second kappa shape index (κ2) is 9.08. The lowest BCUT2D eigenvalue weighted by Crippen LogP contribution is -2.47. The highest BCUT2D eigenvalue weighted by Crippen LogP contribution is 2.38. The Morgan fingerprint density at radius 3 is 2.78 bits per heavy atom. The van der Waals surface area contributed by atoms with E-state index in [1.54, 1.807) is 18.2 Å². The number of carboxylic acid groups (broad SMARTS) is 1. The first-order valence-corrected chi connectivity index (χ1v) is 9.06. The lowest BCUT2D eigenvalue weighted by atomic mass is 10.0. The number of methoxy groups -OCH3 is 1. The van der Waals surface area contributed by atoms with E-state index in [2.05, 4.69) is 0 Å². The minimum absolute atomic E-state index is 0.0259. The van der Waals surface area contributed by atoms with Crippen molar-refractivity contribution in [2.45, 2.75) is 12.2 Å². The number of hydrogen-bond donors (Lipinski definition) is 1. The van der Waals surface area contributed by atoms with Crippen LogP contribution in [0.5, 0.6) is 11.5 Å². The van der Waals surface area contributed by atoms with E-state index in [-0.39, 0.29) is 12.6 Å². The van der Waals surface area contributed by atoms with Crippen LogP contribution < -0.4 is 9.47 Å². The van der Waals surface area contributed by atoms with Crippen molar-refractivity contribution in [1.29, 1.82) is 0 Å². The highest BCUT2D eigenvalue weighted by molar-refractivity contribution is 6.32. The molecule has 0 spiro atoms. The first kappa shape index (κ1) is 19.5. The average molecular weight is 392 g/mol. The molecule has 144 valence electrons. The summed E-state index contributed by atoms with van der Waals surface area (Å²) in [5.74, 6) is 0.112. The van der Waals surface area contributed by atoms with Crippen LogP contribution in [0.3, 0.4) is 0 Å². The number of carboxylic acids is 1. The fraction of sp³-hybridized carbons (Fsp3) is 0.350. The van der Waals surface area contributed by atoms with Gasteiger partial charge in [0.15, 0.2) is 17.6 Å². The summed E-state index contributed by atoms with van der Waals surface area (Å²) in [7, 11) is 1.54. The van der Waals surface area contributed by atoms with E-state index in [0.29, 0.717) is 36.2 Å². The summed E-state index contributed by atoms with van der Waals surface area (Å²) in [6.45, 7) is 1.44. The van der Waals surface area contributed by atoms with E-state index in [1.807, 2.05) is 35.2 Å². The molecule has 0 radical (unpaired) electrons. The van der Waals surface area contributed by atoms with E-state index >= 15 is 0 Å². The molecule has 1 saturated heterocycles. The molecule has 6 nitrogen and oxygen atoms in total. The van der Waals surface area contributed by atoms with Crippen LogP contribution in [0.2, 0.25) is 5.02 Å². The molecule has 0 amide bonds. The number of rotatable bonds is 7. The number of benzene rings is 2. The van der Waals surface area contributed by atoms with Crippen LogP contribution in [0, 0.1) is 0 Å². The summed E-state index contributed by atoms with van der Waals surface area (Å²) in [6.07, 6.45) is -0.764. The van der Waals surface area contributed by atoms with Crippen molar-refractivity contribution < 1.29 is 24.1 Å². The van der Waals surface area contributed by atoms with Crippen molar-refractivity contribution in [1.82, 2.24) is 4.90 Å². The van der Waals surface area contributed by atoms with Crippen molar-refractivity contribution in [2.75, 3.05) is 33.4 Å². The quantitative estimate of drug-likeness (QED) is 0.781. The minimum atomic E-state index is -0.857. The van der Waals surface area contributed by atoms with Crippen molar-refractivity contribution in [3.63, 3.8) is 0 Å². The molecule has 27 heavy (non-hydrogen) atoms. The van der Waals surface area contributed by atoms with Gasteiger partial charge in [-0.3, -0.25) is 9.69 Å². The number of hydrogen-bond acceptors (Lipinski definition) is 5. The molecular formula is C20H22ClNO5. The van der Waals surface area contributed by atoms with Crippen LogP contribution in [-0.2, 0) is 9.53 Å². The van der Waals surface area contributed by atoms with Crippen LogP contribution in [0.15, 0.2) is 48.5 Å². The average Bonchev–Trinajstić information content (AvgIpc) is 2.66. The Labute approximate surface area is 163 Å². The van der Waals surface area contributed by atoms with Gasteiger partial charge in [-0.1, -0.05) is 48.0 Å². The summed E-state index contributed by atoms with van der Waals surface area (Å²) in [5.41, 5.74) is 0.932. The smallest absolute Gasteiger partial charge is 0.317 e. The Bertz CT molecular complexity index is 770. The zero-order chi connectivity index (χ0) is 19.2. The molecular weight excluding hydrogens is 370 g/mol. The number of nitrogens with zero attached hydrogens (tertiary/aromatic N) is 1. The van der Waals surface area contributed by atoms with Gasteiger partial charge in [0.1, 0.15) is 6.10 Å². The lowest BCUT2D eigenvalue weighted by Gasteiger charge is -2.36. The van der Waals surface area contributed by atoms with Gasteiger partial charge in [0.25, 0.3) is 0 Å². The van der Waals surface area contributed by atoms with Crippen LogP contribution in [-0.4, -0.2) is 55.4 Å². The van der Waals surface area contributed by atoms with Crippen LogP contribution >= 0.6 is 11.6 Å². The molecule has 2 aromatic rings. The van der Waals surface area contributed by atoms with Crippen LogP contribution in [0.25, 0.3) is 0 Å². The maximum Gasteiger partial charge on any atom is 0.317 e. The summed E-state index contributed by atoms with van der Waals surface area (Å²) in [6, 6.07) is 15.0. The van der Waals surface area contributed by atoms with Gasteiger partial charge in [0.2, 0.25) is 0 Å². The molecule has 0 aromatic heterocycles. The SMILES string of the molecule is COc1c(Cl)cccc1OC(c1ccccc1)[C@H]1CN(CC(=O)O)CCO1. The number of carbonyl (C=O) groups is 1. The molecule has 7 heteroatoms. The molecule has 0 saturated carbocycles. The highest BCUT2D eigenvalue weighted by atomic mass is 35.5. The number of ether oxygens (including phenoxy) is 3. The predicted molar refractivity (Wildman–Crippen MR) is 102 cm³/mol. The standard InChI is InChI=1S/C20H22ClNO5/c1-25-20-15(21)8-5-9-16(20)27-19(14-6-3-2-4-7-14)17-12-22(10-11-26-17)13-18(23)24/h2-9,17,19H,10-13H2,1H3,(H,23,24)/t17-,19?/m1/s1. The number of para-hydroxylation sites is 1. The van der Waals surface area contributed by atoms with Gasteiger partial charge in [-0.25, -0.2) is 0 Å². The monoisotopic (exact) mass is 391 g/mol. The van der Waals surface area contributed by atoms with E-state index in [1.165, 1.54) is 7.11 Å². The largest absolute Gasteiger partial charge is 0.491 e. The third kappa shape index (κ3) is 4.91. The zero-order valence-corrected chi connectivity index (χ0v) is 15.8. The number of morpholine rings is 1. The van der Waals surface area contributed by atoms with Gasteiger partial charge in [-0.15, -0.1) is 0 Å². The molecule has 0 aliphatic carbocycles. The first-order valence-electron chi connectivity index (χ1n) is 8.68. The van der Waals surface area contributed by atoms with Crippen molar-refractivity contribution in [2.24, 2.45) is 0 Å². The molecule has 2 atom stereocenters. The molecule has 1 heterocycles. The van der Waals surface area contributed by atoms with Gasteiger partial charge >= 0.3 is 5.97 Å². The normalized spacial score (nSPS) is 18.7. The van der Waals surface area contributed by atoms with Gasteiger partial charge in [-0.05, 0) is 17.7 Å². The maximum absolute atomic E-state index is 11.1. The van der Waals surface area contributed by atoms with Crippen LogP contribution in [0.4, 0.5) is 0 Å². The third-order valence-corrected chi connectivity index (χ3v) is 4.69. The van der Waals surface area contributed by atoms with Gasteiger partial charge in [0, 0.05) is 13.1 Å². The van der Waals surface area contributed by atoms with E-state index in [4.69, 9.17) is 30.9 Å². The molecule has 0 bridgehead atoms.